The lowest BCUT2D eigenvalue weighted by atomic mass is 10.1. The third kappa shape index (κ3) is 4.52. The fourth-order valence-electron chi connectivity index (χ4n) is 3.64. The van der Waals surface area contributed by atoms with Crippen LogP contribution >= 0.6 is 0 Å². The molecule has 1 fully saturated rings. The third-order valence-electron chi connectivity index (χ3n) is 5.34. The van der Waals surface area contributed by atoms with Crippen LogP contribution in [0.1, 0.15) is 11.3 Å². The molecule has 1 saturated heterocycles. The zero-order valence-electron chi connectivity index (χ0n) is 16.2. The van der Waals surface area contributed by atoms with Crippen LogP contribution in [0.3, 0.4) is 0 Å². The minimum atomic E-state index is 0.625. The van der Waals surface area contributed by atoms with E-state index in [2.05, 4.69) is 50.7 Å². The number of fused-ring (bicyclic) bond motifs is 1. The molecule has 0 radical (unpaired) electrons. The Balaban J connectivity index is 1.34. The summed E-state index contributed by atoms with van der Waals surface area (Å²) in [5.41, 5.74) is 3.18. The van der Waals surface area contributed by atoms with Crippen molar-refractivity contribution in [3.63, 3.8) is 0 Å². The molecule has 0 saturated carbocycles. The molecule has 1 unspecified atom stereocenters. The average Bonchev–Trinajstić information content (AvgIpc) is 2.69. The second kappa shape index (κ2) is 8.16. The molecule has 144 valence electrons. The van der Waals surface area contributed by atoms with Crippen molar-refractivity contribution in [1.82, 2.24) is 15.3 Å². The minimum Gasteiger partial charge on any atom is -0.370 e. The summed E-state index contributed by atoms with van der Waals surface area (Å²) >= 11 is 0. The largest absolute Gasteiger partial charge is 0.370 e. The Bertz CT molecular complexity index is 832. The van der Waals surface area contributed by atoms with Crippen molar-refractivity contribution in [2.24, 2.45) is 0 Å². The molecule has 0 bridgehead atoms. The summed E-state index contributed by atoms with van der Waals surface area (Å²) < 4.78 is 5.43. The second-order valence-corrected chi connectivity index (χ2v) is 7.47. The number of ether oxygens (including phenoxy) is 1. The normalized spacial score (nSPS) is 21.0. The van der Waals surface area contributed by atoms with Crippen molar-refractivity contribution in [3.05, 3.63) is 29.5 Å². The van der Waals surface area contributed by atoms with E-state index in [4.69, 9.17) is 4.74 Å². The molecule has 2 aliphatic heterocycles. The average molecular weight is 372 g/mol. The number of quaternary nitrogens is 2. The predicted octanol–water partition coefficient (Wildman–Crippen LogP) is -3.59. The Morgan fingerprint density at radius 1 is 1.15 bits per heavy atom. The lowest BCUT2D eigenvalue weighted by molar-refractivity contribution is -1.01. The first-order valence-corrected chi connectivity index (χ1v) is 9.79. The number of anilines is 1. The first kappa shape index (κ1) is 18.1. The highest BCUT2D eigenvalue weighted by Gasteiger charge is 2.23. The van der Waals surface area contributed by atoms with Gasteiger partial charge in [-0.1, -0.05) is 11.6 Å². The molecule has 0 amide bonds. The summed E-state index contributed by atoms with van der Waals surface area (Å²) in [5.74, 6) is 1.50. The third-order valence-corrected chi connectivity index (χ3v) is 5.34. The fourth-order valence-corrected chi connectivity index (χ4v) is 3.64. The number of morpholine rings is 1. The van der Waals surface area contributed by atoms with E-state index in [1.807, 2.05) is 6.92 Å². The van der Waals surface area contributed by atoms with E-state index in [0.717, 1.165) is 68.7 Å². The van der Waals surface area contributed by atoms with Crippen molar-refractivity contribution >= 4 is 22.8 Å². The van der Waals surface area contributed by atoms with Crippen LogP contribution in [-0.2, 0) is 4.74 Å². The van der Waals surface area contributed by atoms with Crippen LogP contribution < -0.4 is 25.4 Å². The first-order valence-electron chi connectivity index (χ1n) is 9.79. The Labute approximate surface area is 159 Å². The number of hydrogen-bond donors (Lipinski definition) is 5. The van der Waals surface area contributed by atoms with Gasteiger partial charge >= 0.3 is 5.96 Å². The zero-order valence-corrected chi connectivity index (χ0v) is 16.2. The van der Waals surface area contributed by atoms with Gasteiger partial charge in [-0.3, -0.25) is 4.90 Å². The molecule has 0 aliphatic carbocycles. The van der Waals surface area contributed by atoms with Gasteiger partial charge in [0.25, 0.3) is 5.95 Å². The van der Waals surface area contributed by atoms with Gasteiger partial charge in [0.1, 0.15) is 26.2 Å². The van der Waals surface area contributed by atoms with Crippen molar-refractivity contribution in [2.75, 3.05) is 58.0 Å². The molecule has 0 spiro atoms. The molecule has 27 heavy (non-hydrogen) atoms. The molecule has 1 atom stereocenters. The molecular formula is C19H30N7O+3. The van der Waals surface area contributed by atoms with Gasteiger partial charge in [-0.25, -0.2) is 20.6 Å². The standard InChI is InChI=1S/C19H27N7O/c1-14-3-4-17-16(11-14)15(2)22-19(23-17)24-18-20-12-26(13-21-18)6-5-25-7-9-27-10-8-25/h3-4,11H,5-10,12-13H2,1-2H3,(H2,20,21,22,23,24)/p+3. The smallest absolute Gasteiger partial charge is 0.359 e. The summed E-state index contributed by atoms with van der Waals surface area (Å²) in [6.45, 7) is 12.3. The number of aryl methyl sites for hydroxylation is 2. The van der Waals surface area contributed by atoms with E-state index in [0.29, 0.717) is 5.95 Å². The number of nitrogens with zero attached hydrogens (tertiary/aromatic N) is 2. The van der Waals surface area contributed by atoms with Crippen LogP contribution in [0, 0.1) is 13.8 Å². The van der Waals surface area contributed by atoms with Crippen LogP contribution in [0.4, 0.5) is 5.95 Å². The number of hydrogen-bond acceptors (Lipinski definition) is 5. The predicted molar refractivity (Wildman–Crippen MR) is 104 cm³/mol. The topological polar surface area (TPSA) is 81.9 Å². The fraction of sp³-hybridized carbons (Fsp3) is 0.526. The summed E-state index contributed by atoms with van der Waals surface area (Å²) in [5, 5.41) is 7.82. The van der Waals surface area contributed by atoms with Crippen LogP contribution in [0.2, 0.25) is 0 Å². The van der Waals surface area contributed by atoms with Gasteiger partial charge in [0, 0.05) is 5.39 Å². The molecule has 1 aromatic carbocycles. The van der Waals surface area contributed by atoms with E-state index >= 15 is 0 Å². The summed E-state index contributed by atoms with van der Waals surface area (Å²) in [6, 6.07) is 6.27. The van der Waals surface area contributed by atoms with E-state index in [-0.39, 0.29) is 0 Å². The highest BCUT2D eigenvalue weighted by atomic mass is 16.5. The van der Waals surface area contributed by atoms with Gasteiger partial charge in [0.15, 0.2) is 13.3 Å². The maximum Gasteiger partial charge on any atom is 0.359 e. The van der Waals surface area contributed by atoms with Gasteiger partial charge in [-0.05, 0) is 26.0 Å². The van der Waals surface area contributed by atoms with Gasteiger partial charge in [-0.15, -0.1) is 0 Å². The van der Waals surface area contributed by atoms with Crippen molar-refractivity contribution in [2.45, 2.75) is 13.8 Å². The van der Waals surface area contributed by atoms with Crippen molar-refractivity contribution in [1.29, 1.82) is 0 Å². The monoisotopic (exact) mass is 372 g/mol. The Hall–Kier alpha value is -2.29. The highest BCUT2D eigenvalue weighted by Crippen LogP contribution is 2.18. The number of nitrogens with one attached hydrogen (secondary N) is 5. The number of benzene rings is 1. The van der Waals surface area contributed by atoms with E-state index in [1.165, 1.54) is 17.0 Å². The van der Waals surface area contributed by atoms with Crippen molar-refractivity contribution < 1.29 is 19.5 Å². The molecule has 1 aromatic heterocycles. The highest BCUT2D eigenvalue weighted by molar-refractivity contribution is 5.89. The zero-order chi connectivity index (χ0) is 18.6. The maximum atomic E-state index is 5.43. The maximum absolute atomic E-state index is 5.43. The van der Waals surface area contributed by atoms with Gasteiger partial charge in [0.05, 0.1) is 24.4 Å². The molecular weight excluding hydrogens is 342 g/mol. The first-order chi connectivity index (χ1) is 13.2. The van der Waals surface area contributed by atoms with Gasteiger partial charge in [-0.2, -0.15) is 4.98 Å². The van der Waals surface area contributed by atoms with Crippen LogP contribution in [0.15, 0.2) is 18.2 Å². The molecule has 5 N–H and O–H groups in total. The molecule has 8 heteroatoms. The number of aromatic nitrogens is 2. The SMILES string of the molecule is Cc1ccc2nc(NC3=[NH+]C[NH+](CC[NH+]4CCOCC4)CN3)nc(C)c2c1. The van der Waals surface area contributed by atoms with E-state index in [1.54, 1.807) is 4.90 Å². The van der Waals surface area contributed by atoms with Crippen LogP contribution in [0.5, 0.6) is 0 Å². The summed E-state index contributed by atoms with van der Waals surface area (Å²) in [6.07, 6.45) is 0. The minimum absolute atomic E-state index is 0.625. The molecule has 3 heterocycles. The quantitative estimate of drug-likeness (QED) is 0.383. The Kier molecular flexibility index (Phi) is 5.47. The lowest BCUT2D eigenvalue weighted by Gasteiger charge is -2.26. The Morgan fingerprint density at radius 2 is 1.96 bits per heavy atom. The van der Waals surface area contributed by atoms with Crippen LogP contribution in [-0.4, -0.2) is 68.7 Å². The summed E-state index contributed by atoms with van der Waals surface area (Å²) in [4.78, 5) is 15.8. The molecule has 4 rings (SSSR count). The van der Waals surface area contributed by atoms with Crippen LogP contribution in [0.25, 0.3) is 10.9 Å². The van der Waals surface area contributed by atoms with Gasteiger partial charge < -0.3 is 9.64 Å². The lowest BCUT2D eigenvalue weighted by Crippen LogP contribution is -3.27. The van der Waals surface area contributed by atoms with E-state index in [9.17, 15) is 0 Å². The Morgan fingerprint density at radius 3 is 2.74 bits per heavy atom. The number of guanidine groups is 1. The second-order valence-electron chi connectivity index (χ2n) is 7.47. The van der Waals surface area contributed by atoms with E-state index < -0.39 is 0 Å². The molecule has 2 aliphatic rings. The molecule has 8 nitrogen and oxygen atoms in total. The van der Waals surface area contributed by atoms with Gasteiger partial charge in [0.2, 0.25) is 0 Å². The van der Waals surface area contributed by atoms with Crippen molar-refractivity contribution in [3.8, 4) is 0 Å². The molecule has 2 aromatic rings. The summed E-state index contributed by atoms with van der Waals surface area (Å²) in [7, 11) is 0. The number of rotatable bonds is 4.